The summed E-state index contributed by atoms with van der Waals surface area (Å²) in [4.78, 5) is 4.94. The van der Waals surface area contributed by atoms with E-state index in [0.717, 1.165) is 16.7 Å². The van der Waals surface area contributed by atoms with Gasteiger partial charge in [0, 0.05) is 5.56 Å². The minimum absolute atomic E-state index is 0.0682. The third-order valence-corrected chi connectivity index (χ3v) is 4.15. The molecule has 1 heterocycles. The van der Waals surface area contributed by atoms with Crippen molar-refractivity contribution in [3.05, 3.63) is 108 Å². The lowest BCUT2D eigenvalue weighted by molar-refractivity contribution is 0.542. The highest BCUT2D eigenvalue weighted by molar-refractivity contribution is 5.99. The zero-order valence-corrected chi connectivity index (χ0v) is 13.2. The Balaban J connectivity index is 1.78. The summed E-state index contributed by atoms with van der Waals surface area (Å²) in [5.41, 5.74) is 3.28. The first-order chi connectivity index (χ1) is 11.9. The van der Waals surface area contributed by atoms with Crippen LogP contribution in [-0.4, -0.2) is 5.84 Å². The standard InChI is InChI=1S/C21H17N3/c1-4-10-16(11-5-1)19-20(17-12-6-2-7-13-17)23-24-21(22-19)18-14-8-3-9-15-18/h1-15,19-20H. The fourth-order valence-electron chi connectivity index (χ4n) is 2.93. The molecule has 24 heavy (non-hydrogen) atoms. The quantitative estimate of drug-likeness (QED) is 0.622. The van der Waals surface area contributed by atoms with Gasteiger partial charge in [0.1, 0.15) is 12.1 Å². The molecular weight excluding hydrogens is 294 g/mol. The highest BCUT2D eigenvalue weighted by Gasteiger charge is 2.28. The molecule has 0 radical (unpaired) electrons. The van der Waals surface area contributed by atoms with Gasteiger partial charge in [0.2, 0.25) is 0 Å². The molecule has 0 fully saturated rings. The largest absolute Gasteiger partial charge is 0.254 e. The van der Waals surface area contributed by atoms with Crippen LogP contribution < -0.4 is 0 Å². The minimum atomic E-state index is -0.0962. The number of amidine groups is 1. The van der Waals surface area contributed by atoms with Crippen molar-refractivity contribution in [1.82, 2.24) is 0 Å². The van der Waals surface area contributed by atoms with Gasteiger partial charge in [-0.2, -0.15) is 5.11 Å². The van der Waals surface area contributed by atoms with Crippen molar-refractivity contribution in [2.45, 2.75) is 12.1 Å². The Bertz CT molecular complexity index is 855. The summed E-state index contributed by atoms with van der Waals surface area (Å²) in [6.07, 6.45) is 0. The highest BCUT2D eigenvalue weighted by Crippen LogP contribution is 2.38. The van der Waals surface area contributed by atoms with Crippen LogP contribution in [0.25, 0.3) is 0 Å². The summed E-state index contributed by atoms with van der Waals surface area (Å²) < 4.78 is 0. The van der Waals surface area contributed by atoms with Gasteiger partial charge in [0.15, 0.2) is 5.84 Å². The molecule has 4 rings (SSSR count). The molecule has 2 atom stereocenters. The minimum Gasteiger partial charge on any atom is -0.254 e. The molecule has 3 heteroatoms. The maximum absolute atomic E-state index is 4.94. The Labute approximate surface area is 141 Å². The molecule has 0 saturated carbocycles. The average Bonchev–Trinajstić information content (AvgIpc) is 2.69. The van der Waals surface area contributed by atoms with Crippen LogP contribution in [0, 0.1) is 0 Å². The molecule has 3 aromatic carbocycles. The zero-order valence-electron chi connectivity index (χ0n) is 13.2. The molecule has 3 aromatic rings. The van der Waals surface area contributed by atoms with Crippen LogP contribution in [0.3, 0.4) is 0 Å². The number of rotatable bonds is 3. The Morgan fingerprint density at radius 1 is 0.542 bits per heavy atom. The van der Waals surface area contributed by atoms with Crippen LogP contribution >= 0.6 is 0 Å². The van der Waals surface area contributed by atoms with Gasteiger partial charge in [-0.15, -0.1) is 5.11 Å². The van der Waals surface area contributed by atoms with Crippen molar-refractivity contribution in [3.8, 4) is 0 Å². The molecule has 1 aliphatic rings. The number of hydrogen-bond donors (Lipinski definition) is 0. The number of hydrogen-bond acceptors (Lipinski definition) is 3. The molecule has 116 valence electrons. The maximum atomic E-state index is 4.94. The fourth-order valence-corrected chi connectivity index (χ4v) is 2.93. The Morgan fingerprint density at radius 3 is 1.62 bits per heavy atom. The van der Waals surface area contributed by atoms with E-state index >= 15 is 0 Å². The second-order valence-corrected chi connectivity index (χ2v) is 5.75. The van der Waals surface area contributed by atoms with Crippen LogP contribution in [0.15, 0.2) is 106 Å². The van der Waals surface area contributed by atoms with Crippen molar-refractivity contribution in [1.29, 1.82) is 0 Å². The first-order valence-electron chi connectivity index (χ1n) is 8.06. The monoisotopic (exact) mass is 311 g/mol. The zero-order chi connectivity index (χ0) is 16.2. The number of nitrogens with zero attached hydrogens (tertiary/aromatic N) is 3. The van der Waals surface area contributed by atoms with Crippen molar-refractivity contribution >= 4 is 5.84 Å². The van der Waals surface area contributed by atoms with E-state index in [2.05, 4.69) is 34.5 Å². The summed E-state index contributed by atoms with van der Waals surface area (Å²) in [6, 6.07) is 30.4. The molecule has 0 N–H and O–H groups in total. The fraction of sp³-hybridized carbons (Fsp3) is 0.0952. The average molecular weight is 311 g/mol. The summed E-state index contributed by atoms with van der Waals surface area (Å²) >= 11 is 0. The third kappa shape index (κ3) is 2.88. The van der Waals surface area contributed by atoms with Crippen molar-refractivity contribution in [2.75, 3.05) is 0 Å². The van der Waals surface area contributed by atoms with E-state index in [1.807, 2.05) is 66.7 Å². The number of benzene rings is 3. The summed E-state index contributed by atoms with van der Waals surface area (Å²) in [5, 5.41) is 9.02. The lowest BCUT2D eigenvalue weighted by Crippen LogP contribution is -2.14. The molecule has 0 saturated heterocycles. The van der Waals surface area contributed by atoms with Crippen LogP contribution in [0.2, 0.25) is 0 Å². The third-order valence-electron chi connectivity index (χ3n) is 4.15. The van der Waals surface area contributed by atoms with E-state index in [9.17, 15) is 0 Å². The van der Waals surface area contributed by atoms with Gasteiger partial charge in [-0.3, -0.25) is 4.99 Å². The van der Waals surface area contributed by atoms with Crippen LogP contribution in [-0.2, 0) is 0 Å². The van der Waals surface area contributed by atoms with Crippen LogP contribution in [0.4, 0.5) is 0 Å². The normalized spacial score (nSPS) is 19.8. The predicted octanol–water partition coefficient (Wildman–Crippen LogP) is 5.38. The van der Waals surface area contributed by atoms with E-state index in [-0.39, 0.29) is 12.1 Å². The first-order valence-corrected chi connectivity index (χ1v) is 8.06. The van der Waals surface area contributed by atoms with Gasteiger partial charge >= 0.3 is 0 Å². The van der Waals surface area contributed by atoms with Crippen molar-refractivity contribution < 1.29 is 0 Å². The maximum Gasteiger partial charge on any atom is 0.177 e. The predicted molar refractivity (Wildman–Crippen MR) is 96.2 cm³/mol. The molecule has 3 nitrogen and oxygen atoms in total. The van der Waals surface area contributed by atoms with E-state index in [0.29, 0.717) is 5.84 Å². The molecule has 2 unspecified atom stereocenters. The van der Waals surface area contributed by atoms with E-state index in [1.54, 1.807) is 0 Å². The molecule has 0 bridgehead atoms. The lowest BCUT2D eigenvalue weighted by Gasteiger charge is -2.24. The molecule has 0 spiro atoms. The summed E-state index contributed by atoms with van der Waals surface area (Å²) in [7, 11) is 0. The summed E-state index contributed by atoms with van der Waals surface area (Å²) in [5.74, 6) is 0.691. The van der Waals surface area contributed by atoms with Crippen LogP contribution in [0.5, 0.6) is 0 Å². The molecule has 0 aliphatic carbocycles. The Hall–Kier alpha value is -3.07. The van der Waals surface area contributed by atoms with E-state index in [1.165, 1.54) is 0 Å². The van der Waals surface area contributed by atoms with Gasteiger partial charge < -0.3 is 0 Å². The Morgan fingerprint density at radius 2 is 1.04 bits per heavy atom. The molecule has 0 amide bonds. The second-order valence-electron chi connectivity index (χ2n) is 5.75. The first kappa shape index (κ1) is 14.5. The molecule has 0 aromatic heterocycles. The van der Waals surface area contributed by atoms with E-state index < -0.39 is 0 Å². The van der Waals surface area contributed by atoms with Gasteiger partial charge in [-0.1, -0.05) is 91.0 Å². The van der Waals surface area contributed by atoms with Gasteiger partial charge in [-0.05, 0) is 11.1 Å². The van der Waals surface area contributed by atoms with Crippen molar-refractivity contribution in [2.24, 2.45) is 15.2 Å². The highest BCUT2D eigenvalue weighted by atomic mass is 15.2. The number of aliphatic imine (C=N–C) groups is 1. The van der Waals surface area contributed by atoms with Crippen LogP contribution in [0.1, 0.15) is 28.8 Å². The van der Waals surface area contributed by atoms with Gasteiger partial charge in [-0.25, -0.2) is 0 Å². The van der Waals surface area contributed by atoms with Gasteiger partial charge in [0.05, 0.1) is 0 Å². The lowest BCUT2D eigenvalue weighted by atomic mass is 9.94. The number of azo groups is 1. The molecular formula is C21H17N3. The smallest absolute Gasteiger partial charge is 0.177 e. The van der Waals surface area contributed by atoms with Gasteiger partial charge in [0.25, 0.3) is 0 Å². The SMILES string of the molecule is c1ccc(C2=NC(c3ccccc3)C(c3ccccc3)N=N2)cc1. The topological polar surface area (TPSA) is 37.1 Å². The Kier molecular flexibility index (Phi) is 3.98. The summed E-state index contributed by atoms with van der Waals surface area (Å²) in [6.45, 7) is 0. The van der Waals surface area contributed by atoms with E-state index in [4.69, 9.17) is 4.99 Å². The second kappa shape index (κ2) is 6.59. The van der Waals surface area contributed by atoms with Crippen molar-refractivity contribution in [3.63, 3.8) is 0 Å². The molecule has 1 aliphatic heterocycles.